The lowest BCUT2D eigenvalue weighted by Gasteiger charge is -2.47. The zero-order valence-corrected chi connectivity index (χ0v) is 11.5. The highest BCUT2D eigenvalue weighted by molar-refractivity contribution is 5.93. The van der Waals surface area contributed by atoms with Crippen molar-refractivity contribution >= 4 is 11.6 Å². The van der Waals surface area contributed by atoms with Crippen LogP contribution in [0.4, 0.5) is 0 Å². The molecule has 2 unspecified atom stereocenters. The fourth-order valence-corrected chi connectivity index (χ4v) is 2.60. The number of carbonyl (C=O) groups excluding carboxylic acids is 2. The van der Waals surface area contributed by atoms with Crippen molar-refractivity contribution in [3.63, 3.8) is 0 Å². The van der Waals surface area contributed by atoms with E-state index in [1.54, 1.807) is 19.1 Å². The van der Waals surface area contributed by atoms with E-state index in [9.17, 15) is 9.59 Å². The molecule has 2 nitrogen and oxygen atoms in total. The monoisotopic (exact) mass is 234 g/mol. The highest BCUT2D eigenvalue weighted by atomic mass is 16.1. The highest BCUT2D eigenvalue weighted by Gasteiger charge is 2.46. The van der Waals surface area contributed by atoms with Gasteiger partial charge in [-0.15, -0.1) is 0 Å². The van der Waals surface area contributed by atoms with E-state index in [0.29, 0.717) is 6.42 Å². The Morgan fingerprint density at radius 3 is 2.53 bits per heavy atom. The molecule has 2 atom stereocenters. The van der Waals surface area contributed by atoms with Gasteiger partial charge in [0.15, 0.2) is 11.6 Å². The molecule has 1 rings (SSSR count). The Kier molecular flexibility index (Phi) is 3.75. The van der Waals surface area contributed by atoms with Gasteiger partial charge in [0.2, 0.25) is 0 Å². The number of hydrogen-bond acceptors (Lipinski definition) is 2. The smallest absolute Gasteiger partial charge is 0.156 e. The molecule has 0 aromatic rings. The topological polar surface area (TPSA) is 34.1 Å². The van der Waals surface area contributed by atoms with Crippen molar-refractivity contribution in [2.45, 2.75) is 47.5 Å². The van der Waals surface area contributed by atoms with Gasteiger partial charge in [0.25, 0.3) is 0 Å². The molecule has 17 heavy (non-hydrogen) atoms. The summed E-state index contributed by atoms with van der Waals surface area (Å²) < 4.78 is 0. The van der Waals surface area contributed by atoms with Crippen LogP contribution in [-0.4, -0.2) is 11.6 Å². The number of ketones is 2. The van der Waals surface area contributed by atoms with Crippen molar-refractivity contribution in [2.75, 3.05) is 0 Å². The summed E-state index contributed by atoms with van der Waals surface area (Å²) in [4.78, 5) is 22.8. The zero-order valence-electron chi connectivity index (χ0n) is 11.5. The summed E-state index contributed by atoms with van der Waals surface area (Å²) in [7, 11) is 0. The van der Waals surface area contributed by atoms with Gasteiger partial charge in [0, 0.05) is 11.8 Å². The maximum Gasteiger partial charge on any atom is 0.156 e. The standard InChI is InChI=1S/C15H22O2/c1-6-14(4)10-13(17)9-11(2)15(14,5)8-7-12(3)16/h7-9H,6,10H2,1-5H3/b8-7+. The molecule has 0 amide bonds. The Balaban J connectivity index is 3.28. The Bertz CT molecular complexity index is 403. The van der Waals surface area contributed by atoms with E-state index in [1.807, 2.05) is 13.0 Å². The Hall–Kier alpha value is -1.18. The second kappa shape index (κ2) is 4.59. The minimum absolute atomic E-state index is 0.0504. The van der Waals surface area contributed by atoms with Crippen LogP contribution in [0.3, 0.4) is 0 Å². The van der Waals surface area contributed by atoms with Gasteiger partial charge in [0.1, 0.15) is 0 Å². The van der Waals surface area contributed by atoms with Gasteiger partial charge < -0.3 is 0 Å². The Labute approximate surface area is 104 Å². The molecule has 0 saturated heterocycles. The summed E-state index contributed by atoms with van der Waals surface area (Å²) >= 11 is 0. The van der Waals surface area contributed by atoms with Gasteiger partial charge in [-0.05, 0) is 37.8 Å². The first-order valence-corrected chi connectivity index (χ1v) is 6.16. The third-order valence-corrected chi connectivity index (χ3v) is 4.45. The van der Waals surface area contributed by atoms with Crippen LogP contribution in [0.15, 0.2) is 23.8 Å². The molecule has 0 heterocycles. The SMILES string of the molecule is CCC1(C)CC(=O)C=C(C)C1(C)/C=C/C(C)=O. The van der Waals surface area contributed by atoms with Gasteiger partial charge in [-0.3, -0.25) is 9.59 Å². The van der Waals surface area contributed by atoms with Crippen molar-refractivity contribution in [1.29, 1.82) is 0 Å². The van der Waals surface area contributed by atoms with Crippen LogP contribution in [0.25, 0.3) is 0 Å². The predicted molar refractivity (Wildman–Crippen MR) is 69.7 cm³/mol. The summed E-state index contributed by atoms with van der Waals surface area (Å²) in [5, 5.41) is 0. The molecular weight excluding hydrogens is 212 g/mol. The molecule has 0 radical (unpaired) electrons. The molecule has 0 aliphatic heterocycles. The van der Waals surface area contributed by atoms with Crippen LogP contribution in [-0.2, 0) is 9.59 Å². The summed E-state index contributed by atoms with van der Waals surface area (Å²) in [6, 6.07) is 0. The van der Waals surface area contributed by atoms with Gasteiger partial charge in [0.05, 0.1) is 0 Å². The summed E-state index contributed by atoms with van der Waals surface area (Å²) in [6.45, 7) is 9.89. The third-order valence-electron chi connectivity index (χ3n) is 4.45. The lowest BCUT2D eigenvalue weighted by molar-refractivity contribution is -0.119. The molecule has 0 fully saturated rings. The second-order valence-electron chi connectivity index (χ2n) is 5.53. The van der Waals surface area contributed by atoms with Crippen molar-refractivity contribution < 1.29 is 9.59 Å². The number of allylic oxidation sites excluding steroid dienone is 4. The quantitative estimate of drug-likeness (QED) is 0.701. The van der Waals surface area contributed by atoms with E-state index in [1.165, 1.54) is 0 Å². The van der Waals surface area contributed by atoms with Crippen LogP contribution in [0.1, 0.15) is 47.5 Å². The molecule has 0 saturated carbocycles. The van der Waals surface area contributed by atoms with Crippen molar-refractivity contribution in [1.82, 2.24) is 0 Å². The van der Waals surface area contributed by atoms with Crippen LogP contribution < -0.4 is 0 Å². The highest BCUT2D eigenvalue weighted by Crippen LogP contribution is 2.53. The normalized spacial score (nSPS) is 33.9. The summed E-state index contributed by atoms with van der Waals surface area (Å²) in [5.41, 5.74) is 0.742. The first-order valence-electron chi connectivity index (χ1n) is 6.16. The molecule has 2 heteroatoms. The molecule has 0 aromatic heterocycles. The summed E-state index contributed by atoms with van der Waals surface area (Å²) in [5.74, 6) is 0.245. The lowest BCUT2D eigenvalue weighted by atomic mass is 9.56. The van der Waals surface area contributed by atoms with Crippen molar-refractivity contribution in [2.24, 2.45) is 10.8 Å². The van der Waals surface area contributed by atoms with Gasteiger partial charge in [-0.25, -0.2) is 0 Å². The molecule has 1 aliphatic carbocycles. The summed E-state index contributed by atoms with van der Waals surface area (Å²) in [6.07, 6.45) is 6.79. The van der Waals surface area contributed by atoms with E-state index in [4.69, 9.17) is 0 Å². The van der Waals surface area contributed by atoms with Crippen LogP contribution in [0, 0.1) is 10.8 Å². The van der Waals surface area contributed by atoms with E-state index in [0.717, 1.165) is 12.0 Å². The number of rotatable bonds is 3. The fraction of sp³-hybridized carbons (Fsp3) is 0.600. The fourth-order valence-electron chi connectivity index (χ4n) is 2.60. The molecule has 1 aliphatic rings. The maximum atomic E-state index is 11.7. The number of carbonyl (C=O) groups is 2. The molecule has 0 bridgehead atoms. The van der Waals surface area contributed by atoms with Crippen molar-refractivity contribution in [3.05, 3.63) is 23.8 Å². The van der Waals surface area contributed by atoms with Crippen LogP contribution >= 0.6 is 0 Å². The van der Waals surface area contributed by atoms with E-state index in [2.05, 4.69) is 20.8 Å². The third kappa shape index (κ3) is 2.41. The Morgan fingerprint density at radius 1 is 1.47 bits per heavy atom. The predicted octanol–water partition coefficient (Wildman–Crippen LogP) is 3.47. The lowest BCUT2D eigenvalue weighted by Crippen LogP contribution is -2.41. The minimum Gasteiger partial charge on any atom is -0.295 e. The molecular formula is C15H22O2. The number of hydrogen-bond donors (Lipinski definition) is 0. The molecule has 94 valence electrons. The maximum absolute atomic E-state index is 11.7. The van der Waals surface area contributed by atoms with Crippen LogP contribution in [0.2, 0.25) is 0 Å². The molecule has 0 spiro atoms. The van der Waals surface area contributed by atoms with Gasteiger partial charge in [-0.2, -0.15) is 0 Å². The zero-order chi connectivity index (χ0) is 13.3. The van der Waals surface area contributed by atoms with Gasteiger partial charge in [-0.1, -0.05) is 32.4 Å². The van der Waals surface area contributed by atoms with E-state index in [-0.39, 0.29) is 22.4 Å². The molecule has 0 aromatic carbocycles. The molecule has 0 N–H and O–H groups in total. The van der Waals surface area contributed by atoms with Crippen LogP contribution in [0.5, 0.6) is 0 Å². The second-order valence-corrected chi connectivity index (χ2v) is 5.53. The van der Waals surface area contributed by atoms with E-state index < -0.39 is 0 Å². The average Bonchev–Trinajstić information content (AvgIpc) is 2.23. The van der Waals surface area contributed by atoms with Gasteiger partial charge >= 0.3 is 0 Å². The van der Waals surface area contributed by atoms with E-state index >= 15 is 0 Å². The first-order chi connectivity index (χ1) is 7.75. The minimum atomic E-state index is -0.207. The largest absolute Gasteiger partial charge is 0.295 e. The Morgan fingerprint density at radius 2 is 2.06 bits per heavy atom. The first kappa shape index (κ1) is 13.9. The van der Waals surface area contributed by atoms with Crippen molar-refractivity contribution in [3.8, 4) is 0 Å². The average molecular weight is 234 g/mol.